The molecule has 0 amide bonds. The van der Waals surface area contributed by atoms with E-state index >= 15 is 0 Å². The van der Waals surface area contributed by atoms with Crippen molar-refractivity contribution >= 4 is 11.9 Å². The molecule has 3 rings (SSSR count). The third-order valence-corrected chi connectivity index (χ3v) is 4.74. The van der Waals surface area contributed by atoms with E-state index in [2.05, 4.69) is 0 Å². The van der Waals surface area contributed by atoms with E-state index in [1.54, 1.807) is 88.7 Å². The van der Waals surface area contributed by atoms with E-state index in [9.17, 15) is 9.59 Å². The van der Waals surface area contributed by atoms with Crippen LogP contribution in [-0.4, -0.2) is 26.2 Å². The standard InChI is InChI=1S/C24H22O6/c1-15-16(2)22(30-24(26)18-7-11-20(28-4)12-8-18)14-13-21(15)29-23(25)17-5-9-19(27-3)10-6-17/h5-14H,1-4H3. The largest absolute Gasteiger partial charge is 0.497 e. The Bertz CT molecular complexity index is 966. The first-order chi connectivity index (χ1) is 14.4. The molecule has 0 aliphatic rings. The molecular formula is C24H22O6. The summed E-state index contributed by atoms with van der Waals surface area (Å²) in [7, 11) is 3.12. The van der Waals surface area contributed by atoms with Gasteiger partial charge >= 0.3 is 11.9 Å². The fourth-order valence-electron chi connectivity index (χ4n) is 2.76. The highest BCUT2D eigenvalue weighted by molar-refractivity contribution is 5.92. The molecule has 0 aromatic heterocycles. The monoisotopic (exact) mass is 406 g/mol. The first kappa shape index (κ1) is 20.9. The maximum Gasteiger partial charge on any atom is 0.343 e. The predicted octanol–water partition coefficient (Wildman–Crippen LogP) is 4.76. The van der Waals surface area contributed by atoms with Crippen molar-refractivity contribution in [2.75, 3.05) is 14.2 Å². The molecule has 0 saturated heterocycles. The van der Waals surface area contributed by atoms with E-state index in [1.807, 2.05) is 0 Å². The molecule has 0 spiro atoms. The van der Waals surface area contributed by atoms with Gasteiger partial charge in [0.05, 0.1) is 25.3 Å². The van der Waals surface area contributed by atoms with E-state index in [-0.39, 0.29) is 0 Å². The van der Waals surface area contributed by atoms with Crippen molar-refractivity contribution < 1.29 is 28.5 Å². The minimum absolute atomic E-state index is 0.401. The highest BCUT2D eigenvalue weighted by Crippen LogP contribution is 2.30. The van der Waals surface area contributed by atoms with Crippen LogP contribution in [-0.2, 0) is 0 Å². The molecule has 0 unspecified atom stereocenters. The van der Waals surface area contributed by atoms with Crippen LogP contribution in [0.25, 0.3) is 0 Å². The van der Waals surface area contributed by atoms with Crippen LogP contribution < -0.4 is 18.9 Å². The zero-order valence-electron chi connectivity index (χ0n) is 17.2. The van der Waals surface area contributed by atoms with Crippen molar-refractivity contribution in [3.8, 4) is 23.0 Å². The number of carbonyl (C=O) groups excluding carboxylic acids is 2. The fraction of sp³-hybridized carbons (Fsp3) is 0.167. The molecular weight excluding hydrogens is 384 g/mol. The highest BCUT2D eigenvalue weighted by Gasteiger charge is 2.16. The van der Waals surface area contributed by atoms with Gasteiger partial charge in [0, 0.05) is 0 Å². The van der Waals surface area contributed by atoms with E-state index in [0.29, 0.717) is 45.3 Å². The molecule has 0 fully saturated rings. The Morgan fingerprint density at radius 2 is 0.900 bits per heavy atom. The molecule has 0 N–H and O–H groups in total. The summed E-state index contributed by atoms with van der Waals surface area (Å²) in [5.74, 6) is 1.14. The summed E-state index contributed by atoms with van der Waals surface area (Å²) >= 11 is 0. The van der Waals surface area contributed by atoms with Crippen LogP contribution in [0.1, 0.15) is 31.8 Å². The first-order valence-corrected chi connectivity index (χ1v) is 9.25. The summed E-state index contributed by atoms with van der Waals surface area (Å²) in [6.45, 7) is 3.60. The van der Waals surface area contributed by atoms with Crippen molar-refractivity contribution in [1.29, 1.82) is 0 Å². The Morgan fingerprint density at radius 3 is 1.20 bits per heavy atom. The Kier molecular flexibility index (Phi) is 6.37. The SMILES string of the molecule is COc1ccc(C(=O)Oc2ccc(OC(=O)c3ccc(OC)cc3)c(C)c2C)cc1. The highest BCUT2D eigenvalue weighted by atomic mass is 16.5. The van der Waals surface area contributed by atoms with Gasteiger partial charge in [0.2, 0.25) is 0 Å². The first-order valence-electron chi connectivity index (χ1n) is 9.25. The molecule has 0 atom stereocenters. The maximum atomic E-state index is 12.4. The zero-order valence-corrected chi connectivity index (χ0v) is 17.2. The van der Waals surface area contributed by atoms with Gasteiger partial charge in [-0.2, -0.15) is 0 Å². The van der Waals surface area contributed by atoms with Crippen LogP contribution in [0.3, 0.4) is 0 Å². The lowest BCUT2D eigenvalue weighted by Crippen LogP contribution is -2.12. The van der Waals surface area contributed by atoms with Crippen molar-refractivity contribution in [2.24, 2.45) is 0 Å². The van der Waals surface area contributed by atoms with Crippen LogP contribution >= 0.6 is 0 Å². The molecule has 30 heavy (non-hydrogen) atoms. The van der Waals surface area contributed by atoms with Gasteiger partial charge in [0.15, 0.2) is 0 Å². The minimum Gasteiger partial charge on any atom is -0.497 e. The molecule has 3 aromatic rings. The average molecular weight is 406 g/mol. The molecule has 0 saturated carbocycles. The quantitative estimate of drug-likeness (QED) is 0.434. The van der Waals surface area contributed by atoms with E-state index in [4.69, 9.17) is 18.9 Å². The fourth-order valence-corrected chi connectivity index (χ4v) is 2.76. The molecule has 0 aliphatic heterocycles. The molecule has 154 valence electrons. The average Bonchev–Trinajstić information content (AvgIpc) is 2.78. The molecule has 0 radical (unpaired) electrons. The number of hydrogen-bond donors (Lipinski definition) is 0. The van der Waals surface area contributed by atoms with Crippen LogP contribution in [0.15, 0.2) is 60.7 Å². The molecule has 3 aromatic carbocycles. The van der Waals surface area contributed by atoms with Gasteiger partial charge in [-0.1, -0.05) is 0 Å². The van der Waals surface area contributed by atoms with Gasteiger partial charge in [0.1, 0.15) is 23.0 Å². The molecule has 6 heteroatoms. The Labute approximate surface area is 175 Å². The number of esters is 2. The van der Waals surface area contributed by atoms with Gasteiger partial charge in [-0.15, -0.1) is 0 Å². The predicted molar refractivity (Wildman–Crippen MR) is 112 cm³/mol. The van der Waals surface area contributed by atoms with E-state index in [0.717, 1.165) is 0 Å². The van der Waals surface area contributed by atoms with Crippen molar-refractivity contribution in [3.05, 3.63) is 82.9 Å². The summed E-state index contributed by atoms with van der Waals surface area (Å²) in [6.07, 6.45) is 0. The zero-order chi connectivity index (χ0) is 21.7. The molecule has 6 nitrogen and oxygen atoms in total. The summed E-state index contributed by atoms with van der Waals surface area (Å²) < 4.78 is 21.2. The summed E-state index contributed by atoms with van der Waals surface area (Å²) in [4.78, 5) is 24.8. The van der Waals surface area contributed by atoms with Gasteiger partial charge in [-0.05, 0) is 85.6 Å². The third kappa shape index (κ3) is 4.60. The van der Waals surface area contributed by atoms with Crippen LogP contribution in [0.4, 0.5) is 0 Å². The summed E-state index contributed by atoms with van der Waals surface area (Å²) in [6, 6.07) is 16.5. The lowest BCUT2D eigenvalue weighted by atomic mass is 10.1. The number of carbonyl (C=O) groups is 2. The van der Waals surface area contributed by atoms with Gasteiger partial charge in [0.25, 0.3) is 0 Å². The molecule has 0 heterocycles. The number of hydrogen-bond acceptors (Lipinski definition) is 6. The van der Waals surface area contributed by atoms with Crippen LogP contribution in [0, 0.1) is 13.8 Å². The van der Waals surface area contributed by atoms with Crippen LogP contribution in [0.2, 0.25) is 0 Å². The number of benzene rings is 3. The second-order valence-electron chi connectivity index (χ2n) is 6.55. The molecule has 0 aliphatic carbocycles. The Morgan fingerprint density at radius 1 is 0.567 bits per heavy atom. The maximum absolute atomic E-state index is 12.4. The minimum atomic E-state index is -0.483. The summed E-state index contributed by atoms with van der Waals surface area (Å²) in [5, 5.41) is 0. The lowest BCUT2D eigenvalue weighted by Gasteiger charge is -2.14. The number of rotatable bonds is 6. The van der Waals surface area contributed by atoms with E-state index < -0.39 is 11.9 Å². The van der Waals surface area contributed by atoms with Gasteiger partial charge < -0.3 is 18.9 Å². The lowest BCUT2D eigenvalue weighted by molar-refractivity contribution is 0.0717. The normalized spacial score (nSPS) is 10.3. The second-order valence-corrected chi connectivity index (χ2v) is 6.55. The topological polar surface area (TPSA) is 71.1 Å². The van der Waals surface area contributed by atoms with Crippen LogP contribution in [0.5, 0.6) is 23.0 Å². The van der Waals surface area contributed by atoms with Gasteiger partial charge in [-0.3, -0.25) is 0 Å². The van der Waals surface area contributed by atoms with Crippen molar-refractivity contribution in [3.63, 3.8) is 0 Å². The second kappa shape index (κ2) is 9.13. The summed E-state index contributed by atoms with van der Waals surface area (Å²) in [5.41, 5.74) is 2.22. The third-order valence-electron chi connectivity index (χ3n) is 4.74. The van der Waals surface area contributed by atoms with Gasteiger partial charge in [-0.25, -0.2) is 9.59 Å². The Hall–Kier alpha value is -3.80. The molecule has 0 bridgehead atoms. The Balaban J connectivity index is 1.74. The number of ether oxygens (including phenoxy) is 4. The van der Waals surface area contributed by atoms with Crippen molar-refractivity contribution in [2.45, 2.75) is 13.8 Å². The van der Waals surface area contributed by atoms with Crippen molar-refractivity contribution in [1.82, 2.24) is 0 Å². The van der Waals surface area contributed by atoms with E-state index in [1.165, 1.54) is 0 Å². The number of methoxy groups -OCH3 is 2. The smallest absolute Gasteiger partial charge is 0.343 e.